The lowest BCUT2D eigenvalue weighted by Gasteiger charge is -2.39. The van der Waals surface area contributed by atoms with Crippen LogP contribution in [0.25, 0.3) is 0 Å². The molecule has 10 heavy (non-hydrogen) atoms. The summed E-state index contributed by atoms with van der Waals surface area (Å²) in [6.45, 7) is 0. The molecule has 0 aliphatic heterocycles. The topological polar surface area (TPSA) is 67.2 Å². The first-order valence-corrected chi connectivity index (χ1v) is 3.45. The third-order valence-corrected chi connectivity index (χ3v) is 2.25. The Hall–Kier alpha value is -0.610. The zero-order chi connectivity index (χ0) is 7.61. The van der Waals surface area contributed by atoms with Crippen LogP contribution in [-0.4, -0.2) is 18.5 Å². The maximum Gasteiger partial charge on any atom is 0.254 e. The van der Waals surface area contributed by atoms with Gasteiger partial charge in [-0.1, -0.05) is 0 Å². The number of hydrogen-bond acceptors (Lipinski definition) is 3. The summed E-state index contributed by atoms with van der Waals surface area (Å²) in [4.78, 5) is 11.0. The Bertz CT molecular complexity index is 136. The first kappa shape index (κ1) is 7.50. The van der Waals surface area contributed by atoms with Crippen molar-refractivity contribution in [3.8, 4) is 0 Å². The summed E-state index contributed by atoms with van der Waals surface area (Å²) < 4.78 is 0. The van der Waals surface area contributed by atoms with Crippen LogP contribution in [0.5, 0.6) is 0 Å². The molecule has 58 valence electrons. The molecule has 0 atom stereocenters. The molecule has 1 fully saturated rings. The Morgan fingerprint density at radius 2 is 2.20 bits per heavy atom. The van der Waals surface area contributed by atoms with E-state index in [1.165, 1.54) is 0 Å². The van der Waals surface area contributed by atoms with Crippen molar-refractivity contribution in [1.82, 2.24) is 10.7 Å². The van der Waals surface area contributed by atoms with E-state index in [4.69, 9.17) is 5.84 Å². The minimum atomic E-state index is -0.352. The molecule has 4 N–H and O–H groups in total. The molecule has 0 unspecified atom stereocenters. The van der Waals surface area contributed by atoms with Gasteiger partial charge in [-0.2, -0.15) is 0 Å². The summed E-state index contributed by atoms with van der Waals surface area (Å²) in [5.74, 6) is 4.91. The maximum absolute atomic E-state index is 11.0. The van der Waals surface area contributed by atoms with Crippen LogP contribution in [0, 0.1) is 0 Å². The van der Waals surface area contributed by atoms with Gasteiger partial charge in [-0.25, -0.2) is 5.84 Å². The van der Waals surface area contributed by atoms with E-state index in [9.17, 15) is 4.79 Å². The van der Waals surface area contributed by atoms with E-state index >= 15 is 0 Å². The quantitative estimate of drug-likeness (QED) is 0.267. The summed E-state index contributed by atoms with van der Waals surface area (Å²) in [7, 11) is 1.79. The van der Waals surface area contributed by atoms with E-state index in [2.05, 4.69) is 10.7 Å². The summed E-state index contributed by atoms with van der Waals surface area (Å²) in [5, 5.41) is 2.97. The van der Waals surface area contributed by atoms with Crippen molar-refractivity contribution in [1.29, 1.82) is 0 Å². The molecule has 4 nitrogen and oxygen atoms in total. The van der Waals surface area contributed by atoms with Crippen LogP contribution in [0.2, 0.25) is 0 Å². The van der Waals surface area contributed by atoms with Gasteiger partial charge >= 0.3 is 0 Å². The first-order valence-electron chi connectivity index (χ1n) is 3.45. The molecule has 0 radical (unpaired) electrons. The molecule has 0 aromatic carbocycles. The van der Waals surface area contributed by atoms with Gasteiger partial charge < -0.3 is 5.32 Å². The molecule has 1 rings (SSSR count). The van der Waals surface area contributed by atoms with Crippen LogP contribution >= 0.6 is 0 Å². The Kier molecular flexibility index (Phi) is 1.92. The van der Waals surface area contributed by atoms with Gasteiger partial charge in [0.1, 0.15) is 0 Å². The zero-order valence-corrected chi connectivity index (χ0v) is 6.11. The van der Waals surface area contributed by atoms with E-state index in [1.54, 1.807) is 7.05 Å². The number of hydrazine groups is 1. The number of nitrogens with one attached hydrogen (secondary N) is 2. The minimum absolute atomic E-state index is 0.0961. The Labute approximate surface area is 60.1 Å². The van der Waals surface area contributed by atoms with Crippen molar-refractivity contribution in [2.24, 2.45) is 5.84 Å². The fourth-order valence-electron chi connectivity index (χ4n) is 1.26. The van der Waals surface area contributed by atoms with Crippen LogP contribution in [0.1, 0.15) is 19.3 Å². The smallest absolute Gasteiger partial charge is 0.254 e. The summed E-state index contributed by atoms with van der Waals surface area (Å²) >= 11 is 0. The molecule has 0 spiro atoms. The predicted octanol–water partition coefficient (Wildman–Crippen LogP) is -0.882. The van der Waals surface area contributed by atoms with E-state index in [1.807, 2.05) is 0 Å². The summed E-state index contributed by atoms with van der Waals surface area (Å²) in [5.41, 5.74) is 1.80. The number of likely N-dealkylation sites (N-methyl/N-ethyl adjacent to an activating group) is 1. The van der Waals surface area contributed by atoms with Crippen LogP contribution in [0.15, 0.2) is 0 Å². The average molecular weight is 143 g/mol. The molecule has 0 saturated heterocycles. The highest BCUT2D eigenvalue weighted by molar-refractivity contribution is 5.86. The predicted molar refractivity (Wildman–Crippen MR) is 38.0 cm³/mol. The number of rotatable bonds is 2. The first-order chi connectivity index (χ1) is 4.75. The van der Waals surface area contributed by atoms with Crippen LogP contribution < -0.4 is 16.6 Å². The van der Waals surface area contributed by atoms with Gasteiger partial charge in [0.2, 0.25) is 0 Å². The SMILES string of the molecule is CNC1(C(=O)NN)CCC1. The van der Waals surface area contributed by atoms with Gasteiger partial charge in [-0.15, -0.1) is 0 Å². The molecule has 0 aromatic rings. The lowest BCUT2D eigenvalue weighted by Crippen LogP contribution is -2.61. The summed E-state index contributed by atoms with van der Waals surface area (Å²) in [6, 6.07) is 0. The van der Waals surface area contributed by atoms with Crippen molar-refractivity contribution in [2.75, 3.05) is 7.05 Å². The molecule has 0 aromatic heterocycles. The molecule has 1 aliphatic carbocycles. The van der Waals surface area contributed by atoms with Gasteiger partial charge in [0.25, 0.3) is 5.91 Å². The van der Waals surface area contributed by atoms with E-state index in [-0.39, 0.29) is 11.4 Å². The lowest BCUT2D eigenvalue weighted by molar-refractivity contribution is -0.130. The highest BCUT2D eigenvalue weighted by atomic mass is 16.2. The summed E-state index contributed by atoms with van der Waals surface area (Å²) in [6.07, 6.45) is 2.90. The molecular weight excluding hydrogens is 130 g/mol. The number of carbonyl (C=O) groups excluding carboxylic acids is 1. The average Bonchev–Trinajstić information content (AvgIpc) is 1.86. The third-order valence-electron chi connectivity index (χ3n) is 2.25. The lowest BCUT2D eigenvalue weighted by atomic mass is 9.76. The van der Waals surface area contributed by atoms with Crippen molar-refractivity contribution in [2.45, 2.75) is 24.8 Å². The van der Waals surface area contributed by atoms with Gasteiger partial charge in [0, 0.05) is 0 Å². The van der Waals surface area contributed by atoms with Crippen LogP contribution in [0.4, 0.5) is 0 Å². The van der Waals surface area contributed by atoms with Crippen LogP contribution in [-0.2, 0) is 4.79 Å². The molecule has 1 aliphatic rings. The molecule has 0 heterocycles. The van der Waals surface area contributed by atoms with Gasteiger partial charge in [0.05, 0.1) is 5.54 Å². The highest BCUT2D eigenvalue weighted by Gasteiger charge is 2.42. The highest BCUT2D eigenvalue weighted by Crippen LogP contribution is 2.31. The van der Waals surface area contributed by atoms with Gasteiger partial charge in [-0.3, -0.25) is 10.2 Å². The fourth-order valence-corrected chi connectivity index (χ4v) is 1.26. The monoisotopic (exact) mass is 143 g/mol. The van der Waals surface area contributed by atoms with E-state index < -0.39 is 0 Å². The second kappa shape index (κ2) is 2.56. The maximum atomic E-state index is 11.0. The van der Waals surface area contributed by atoms with Crippen molar-refractivity contribution >= 4 is 5.91 Å². The Balaban J connectivity index is 2.55. The van der Waals surface area contributed by atoms with Gasteiger partial charge in [-0.05, 0) is 26.3 Å². The van der Waals surface area contributed by atoms with Crippen molar-refractivity contribution in [3.05, 3.63) is 0 Å². The Morgan fingerprint density at radius 1 is 1.60 bits per heavy atom. The van der Waals surface area contributed by atoms with Crippen molar-refractivity contribution < 1.29 is 4.79 Å². The number of carbonyl (C=O) groups is 1. The minimum Gasteiger partial charge on any atom is -0.306 e. The molecule has 4 heteroatoms. The second-order valence-electron chi connectivity index (χ2n) is 2.66. The van der Waals surface area contributed by atoms with Crippen LogP contribution in [0.3, 0.4) is 0 Å². The van der Waals surface area contributed by atoms with E-state index in [0.29, 0.717) is 0 Å². The second-order valence-corrected chi connectivity index (χ2v) is 2.66. The molecule has 1 saturated carbocycles. The standard InChI is InChI=1S/C6H13N3O/c1-8-6(3-2-4-6)5(10)9-7/h8H,2-4,7H2,1H3,(H,9,10). The molecule has 1 amide bonds. The zero-order valence-electron chi connectivity index (χ0n) is 6.11. The number of hydrogen-bond donors (Lipinski definition) is 3. The third kappa shape index (κ3) is 0.892. The molecule has 0 bridgehead atoms. The normalized spacial score (nSPS) is 21.4. The largest absolute Gasteiger partial charge is 0.306 e. The fraction of sp³-hybridized carbons (Fsp3) is 0.833. The molecular formula is C6H13N3O. The number of nitrogens with two attached hydrogens (primary N) is 1. The van der Waals surface area contributed by atoms with E-state index in [0.717, 1.165) is 19.3 Å². The number of amides is 1. The van der Waals surface area contributed by atoms with Gasteiger partial charge in [0.15, 0.2) is 0 Å². The van der Waals surface area contributed by atoms with Crippen molar-refractivity contribution in [3.63, 3.8) is 0 Å². The Morgan fingerprint density at radius 3 is 2.30 bits per heavy atom.